The molecule has 0 aliphatic heterocycles. The van der Waals surface area contributed by atoms with Gasteiger partial charge < -0.3 is 15.5 Å². The van der Waals surface area contributed by atoms with Crippen LogP contribution in [0.5, 0.6) is 0 Å². The Labute approximate surface area is 136 Å². The molecule has 0 aromatic heterocycles. The summed E-state index contributed by atoms with van der Waals surface area (Å²) in [5.41, 5.74) is 0.525. The third kappa shape index (κ3) is 3.87. The third-order valence-corrected chi connectivity index (χ3v) is 3.43. The molecule has 7 heteroatoms. The smallest absolute Gasteiger partial charge is 0.337 e. The molecule has 0 spiro atoms. The maximum atomic E-state index is 12.1. The lowest BCUT2D eigenvalue weighted by atomic mass is 10.1. The standard InChI is InChI=1S/C16H12ClNO5/c17-13-7-9(5-6-12(13)16(22)23)8-18-14(19)10-3-1-2-4-11(10)15(20)21/h1-7H,8H2,(H,18,19)(H,20,21)(H,22,23). The first-order valence-electron chi connectivity index (χ1n) is 6.52. The van der Waals surface area contributed by atoms with E-state index in [0.717, 1.165) is 0 Å². The monoisotopic (exact) mass is 333 g/mol. The van der Waals surface area contributed by atoms with Crippen LogP contribution in [0.1, 0.15) is 36.6 Å². The van der Waals surface area contributed by atoms with Crippen LogP contribution in [-0.2, 0) is 6.54 Å². The number of rotatable bonds is 5. The van der Waals surface area contributed by atoms with Crippen LogP contribution in [0.2, 0.25) is 5.02 Å². The molecule has 1 amide bonds. The molecule has 0 saturated carbocycles. The van der Waals surface area contributed by atoms with Crippen molar-refractivity contribution in [3.8, 4) is 0 Å². The molecule has 2 aromatic carbocycles. The van der Waals surface area contributed by atoms with Gasteiger partial charge in [-0.3, -0.25) is 4.79 Å². The fourth-order valence-corrected chi connectivity index (χ4v) is 2.27. The molecule has 0 radical (unpaired) electrons. The maximum absolute atomic E-state index is 12.1. The molecule has 2 aromatic rings. The van der Waals surface area contributed by atoms with Gasteiger partial charge in [-0.05, 0) is 29.8 Å². The molecule has 118 valence electrons. The first kappa shape index (κ1) is 16.5. The summed E-state index contributed by atoms with van der Waals surface area (Å²) in [7, 11) is 0. The molecule has 3 N–H and O–H groups in total. The summed E-state index contributed by atoms with van der Waals surface area (Å²) in [6.07, 6.45) is 0. The van der Waals surface area contributed by atoms with Gasteiger partial charge in [0.15, 0.2) is 0 Å². The molecule has 0 saturated heterocycles. The molecule has 0 unspecified atom stereocenters. The van der Waals surface area contributed by atoms with Gasteiger partial charge in [0.05, 0.1) is 21.7 Å². The van der Waals surface area contributed by atoms with E-state index in [9.17, 15) is 14.4 Å². The van der Waals surface area contributed by atoms with Crippen LogP contribution in [0.3, 0.4) is 0 Å². The van der Waals surface area contributed by atoms with Crippen molar-refractivity contribution >= 4 is 29.4 Å². The summed E-state index contributed by atoms with van der Waals surface area (Å²) in [4.78, 5) is 34.1. The number of amides is 1. The van der Waals surface area contributed by atoms with Crippen LogP contribution < -0.4 is 5.32 Å². The van der Waals surface area contributed by atoms with Crippen molar-refractivity contribution in [1.29, 1.82) is 0 Å². The Balaban J connectivity index is 2.12. The van der Waals surface area contributed by atoms with E-state index in [1.807, 2.05) is 0 Å². The predicted octanol–water partition coefficient (Wildman–Crippen LogP) is 2.67. The Morgan fingerprint density at radius 1 is 0.913 bits per heavy atom. The van der Waals surface area contributed by atoms with E-state index in [2.05, 4.69) is 5.32 Å². The second-order valence-corrected chi connectivity index (χ2v) is 5.06. The zero-order chi connectivity index (χ0) is 17.0. The Morgan fingerprint density at radius 2 is 1.52 bits per heavy atom. The van der Waals surface area contributed by atoms with Crippen molar-refractivity contribution in [3.63, 3.8) is 0 Å². The van der Waals surface area contributed by atoms with Crippen molar-refractivity contribution < 1.29 is 24.6 Å². The highest BCUT2D eigenvalue weighted by Crippen LogP contribution is 2.18. The molecular weight excluding hydrogens is 322 g/mol. The van der Waals surface area contributed by atoms with Crippen LogP contribution >= 0.6 is 11.6 Å². The van der Waals surface area contributed by atoms with Gasteiger partial charge in [-0.15, -0.1) is 0 Å². The SMILES string of the molecule is O=C(O)c1ccc(CNC(=O)c2ccccc2C(=O)O)cc1Cl. The van der Waals surface area contributed by atoms with Crippen molar-refractivity contribution in [2.75, 3.05) is 0 Å². The number of carbonyl (C=O) groups is 3. The van der Waals surface area contributed by atoms with E-state index >= 15 is 0 Å². The molecule has 23 heavy (non-hydrogen) atoms. The average molecular weight is 334 g/mol. The summed E-state index contributed by atoms with van der Waals surface area (Å²) < 4.78 is 0. The van der Waals surface area contributed by atoms with E-state index in [1.165, 1.54) is 36.4 Å². The molecule has 0 bridgehead atoms. The van der Waals surface area contributed by atoms with Gasteiger partial charge in [0.2, 0.25) is 0 Å². The fraction of sp³-hybridized carbons (Fsp3) is 0.0625. The number of nitrogens with one attached hydrogen (secondary N) is 1. The average Bonchev–Trinajstić information content (AvgIpc) is 2.52. The van der Waals surface area contributed by atoms with Crippen molar-refractivity contribution in [2.24, 2.45) is 0 Å². The lowest BCUT2D eigenvalue weighted by Gasteiger charge is -2.09. The minimum Gasteiger partial charge on any atom is -0.478 e. The first-order valence-corrected chi connectivity index (χ1v) is 6.90. The van der Waals surface area contributed by atoms with E-state index < -0.39 is 17.8 Å². The molecular formula is C16H12ClNO5. The Morgan fingerprint density at radius 3 is 2.09 bits per heavy atom. The van der Waals surface area contributed by atoms with Crippen molar-refractivity contribution in [2.45, 2.75) is 6.54 Å². The minimum atomic E-state index is -1.19. The van der Waals surface area contributed by atoms with Crippen LogP contribution in [0.15, 0.2) is 42.5 Å². The first-order chi connectivity index (χ1) is 10.9. The summed E-state index contributed by atoms with van der Waals surface area (Å²) >= 11 is 5.85. The maximum Gasteiger partial charge on any atom is 0.337 e. The van der Waals surface area contributed by atoms with E-state index in [-0.39, 0.29) is 28.3 Å². The van der Waals surface area contributed by atoms with E-state index in [4.69, 9.17) is 21.8 Å². The zero-order valence-corrected chi connectivity index (χ0v) is 12.5. The number of benzene rings is 2. The number of halogens is 1. The van der Waals surface area contributed by atoms with Crippen LogP contribution in [0.4, 0.5) is 0 Å². The zero-order valence-electron chi connectivity index (χ0n) is 11.7. The van der Waals surface area contributed by atoms with Gasteiger partial charge in [-0.1, -0.05) is 29.8 Å². The quantitative estimate of drug-likeness (QED) is 0.780. The molecule has 6 nitrogen and oxygen atoms in total. The van der Waals surface area contributed by atoms with Gasteiger partial charge >= 0.3 is 11.9 Å². The number of hydrogen-bond acceptors (Lipinski definition) is 3. The summed E-state index contributed by atoms with van der Waals surface area (Å²) in [6, 6.07) is 10.2. The lowest BCUT2D eigenvalue weighted by molar-refractivity contribution is 0.0684. The number of carboxylic acid groups (broad SMARTS) is 2. The molecule has 0 aliphatic rings. The lowest BCUT2D eigenvalue weighted by Crippen LogP contribution is -2.25. The second-order valence-electron chi connectivity index (χ2n) is 4.65. The van der Waals surface area contributed by atoms with Crippen LogP contribution in [-0.4, -0.2) is 28.1 Å². The van der Waals surface area contributed by atoms with E-state index in [0.29, 0.717) is 5.56 Å². The van der Waals surface area contributed by atoms with Gasteiger partial charge in [0.1, 0.15) is 0 Å². The van der Waals surface area contributed by atoms with E-state index in [1.54, 1.807) is 6.07 Å². The highest BCUT2D eigenvalue weighted by Gasteiger charge is 2.15. The highest BCUT2D eigenvalue weighted by atomic mass is 35.5. The fourth-order valence-electron chi connectivity index (χ4n) is 1.99. The Bertz CT molecular complexity index is 788. The predicted molar refractivity (Wildman–Crippen MR) is 83.0 cm³/mol. The van der Waals surface area contributed by atoms with Crippen LogP contribution in [0, 0.1) is 0 Å². The number of aromatic carboxylic acids is 2. The van der Waals surface area contributed by atoms with Gasteiger partial charge in [-0.25, -0.2) is 9.59 Å². The summed E-state index contributed by atoms with van der Waals surface area (Å²) in [5, 5.41) is 20.6. The largest absolute Gasteiger partial charge is 0.478 e. The number of carboxylic acids is 2. The molecule has 2 rings (SSSR count). The Kier molecular flexibility index (Phi) is 4.98. The summed E-state index contributed by atoms with van der Waals surface area (Å²) in [6.45, 7) is 0.0897. The van der Waals surface area contributed by atoms with Gasteiger partial charge in [0.25, 0.3) is 5.91 Å². The Hall–Kier alpha value is -2.86. The highest BCUT2D eigenvalue weighted by molar-refractivity contribution is 6.33. The normalized spacial score (nSPS) is 10.1. The number of carbonyl (C=O) groups excluding carboxylic acids is 1. The van der Waals surface area contributed by atoms with Crippen LogP contribution in [0.25, 0.3) is 0 Å². The van der Waals surface area contributed by atoms with Gasteiger partial charge in [-0.2, -0.15) is 0 Å². The minimum absolute atomic E-state index is 0.0297. The summed E-state index contributed by atoms with van der Waals surface area (Å²) in [5.74, 6) is -2.87. The van der Waals surface area contributed by atoms with Crippen molar-refractivity contribution in [1.82, 2.24) is 5.32 Å². The molecule has 0 aliphatic carbocycles. The number of hydrogen-bond donors (Lipinski definition) is 3. The molecule has 0 heterocycles. The topological polar surface area (TPSA) is 104 Å². The molecule has 0 fully saturated rings. The molecule has 0 atom stereocenters. The second kappa shape index (κ2) is 6.93. The van der Waals surface area contributed by atoms with Gasteiger partial charge in [0, 0.05) is 6.54 Å². The third-order valence-electron chi connectivity index (χ3n) is 3.12. The van der Waals surface area contributed by atoms with Crippen molar-refractivity contribution in [3.05, 3.63) is 69.7 Å².